The van der Waals surface area contributed by atoms with Crippen LogP contribution in [0, 0.1) is 0 Å². The summed E-state index contributed by atoms with van der Waals surface area (Å²) in [5, 5.41) is 9.14. The molecule has 0 atom stereocenters. The van der Waals surface area contributed by atoms with Crippen LogP contribution >= 0.6 is 0 Å². The van der Waals surface area contributed by atoms with Gasteiger partial charge in [0, 0.05) is 17.8 Å². The van der Waals surface area contributed by atoms with Gasteiger partial charge in [-0.25, -0.2) is 0 Å². The third-order valence-corrected chi connectivity index (χ3v) is 3.28. The highest BCUT2D eigenvalue weighted by Crippen LogP contribution is 2.19. The van der Waals surface area contributed by atoms with Gasteiger partial charge >= 0.3 is 0 Å². The molecule has 1 aromatic carbocycles. The van der Waals surface area contributed by atoms with Gasteiger partial charge in [-0.1, -0.05) is 36.3 Å². The minimum Gasteiger partial charge on any atom is -0.356 e. The zero-order valence-electron chi connectivity index (χ0n) is 12.4. The summed E-state index contributed by atoms with van der Waals surface area (Å²) in [6.07, 6.45) is 0. The lowest BCUT2D eigenvalue weighted by Crippen LogP contribution is -2.17. The zero-order valence-corrected chi connectivity index (χ0v) is 12.4. The number of hydrogen-bond acceptors (Lipinski definition) is 6. The molecule has 6 heteroatoms. The summed E-state index contributed by atoms with van der Waals surface area (Å²) in [4.78, 5) is 6.45. The molecular weight excluding hydrogens is 268 g/mol. The van der Waals surface area contributed by atoms with Gasteiger partial charge < -0.3 is 9.05 Å². The third-order valence-electron chi connectivity index (χ3n) is 3.28. The summed E-state index contributed by atoms with van der Waals surface area (Å²) in [5.41, 5.74) is 1.72. The van der Waals surface area contributed by atoms with Gasteiger partial charge in [0.05, 0.1) is 6.54 Å². The summed E-state index contributed by atoms with van der Waals surface area (Å²) >= 11 is 0. The van der Waals surface area contributed by atoms with Crippen molar-refractivity contribution in [2.24, 2.45) is 0 Å². The minimum absolute atomic E-state index is 0.271. The van der Waals surface area contributed by atoms with E-state index >= 15 is 0 Å². The average Bonchev–Trinajstić information content (AvgIpc) is 3.07. The Labute approximate surface area is 122 Å². The molecule has 21 heavy (non-hydrogen) atoms. The molecule has 110 valence electrons. The molecule has 0 radical (unpaired) electrons. The maximum absolute atomic E-state index is 5.31. The van der Waals surface area contributed by atoms with Crippen LogP contribution in [-0.2, 0) is 13.1 Å². The third kappa shape index (κ3) is 2.95. The molecule has 0 amide bonds. The predicted molar refractivity (Wildman–Crippen MR) is 77.6 cm³/mol. The highest BCUT2D eigenvalue weighted by molar-refractivity contribution is 5.79. The Bertz CT molecular complexity index is 732. The van der Waals surface area contributed by atoms with Crippen LogP contribution in [0.15, 0.2) is 33.3 Å². The molecule has 0 aliphatic heterocycles. The molecule has 0 fully saturated rings. The number of hydrogen-bond donors (Lipinski definition) is 0. The standard InChI is InChI=1S/C15H18N4O2/c1-10(2)15-16-14(21-18-15)9-19(3)8-12-11-6-4-5-7-13(11)20-17-12/h4-7,10H,8-9H2,1-3H3. The van der Waals surface area contributed by atoms with Crippen LogP contribution in [-0.4, -0.2) is 27.2 Å². The lowest BCUT2D eigenvalue weighted by Gasteiger charge is -2.11. The summed E-state index contributed by atoms with van der Waals surface area (Å²) in [7, 11) is 1.99. The fourth-order valence-corrected chi connectivity index (χ4v) is 2.16. The normalized spacial score (nSPS) is 11.9. The number of aromatic nitrogens is 3. The van der Waals surface area contributed by atoms with E-state index in [2.05, 4.69) is 20.2 Å². The average molecular weight is 286 g/mol. The first-order valence-corrected chi connectivity index (χ1v) is 6.98. The Morgan fingerprint density at radius 1 is 1.10 bits per heavy atom. The molecule has 0 aliphatic carbocycles. The monoisotopic (exact) mass is 286 g/mol. The van der Waals surface area contributed by atoms with Gasteiger partial charge in [0.25, 0.3) is 0 Å². The van der Waals surface area contributed by atoms with Gasteiger partial charge in [-0.05, 0) is 19.2 Å². The molecule has 2 heterocycles. The molecule has 0 bridgehead atoms. The van der Waals surface area contributed by atoms with Crippen LogP contribution in [0.3, 0.4) is 0 Å². The quantitative estimate of drug-likeness (QED) is 0.718. The zero-order chi connectivity index (χ0) is 14.8. The van der Waals surface area contributed by atoms with Crippen LogP contribution in [0.2, 0.25) is 0 Å². The van der Waals surface area contributed by atoms with Crippen molar-refractivity contribution in [3.8, 4) is 0 Å². The molecule has 0 spiro atoms. The molecule has 0 unspecified atom stereocenters. The molecule has 0 aliphatic rings. The van der Waals surface area contributed by atoms with Crippen LogP contribution < -0.4 is 0 Å². The van der Waals surface area contributed by atoms with E-state index in [1.807, 2.05) is 45.2 Å². The molecule has 0 saturated carbocycles. The lowest BCUT2D eigenvalue weighted by atomic mass is 10.2. The second-order valence-electron chi connectivity index (χ2n) is 5.50. The maximum atomic E-state index is 5.31. The van der Waals surface area contributed by atoms with E-state index in [9.17, 15) is 0 Å². The van der Waals surface area contributed by atoms with E-state index in [4.69, 9.17) is 9.05 Å². The van der Waals surface area contributed by atoms with Gasteiger partial charge in [-0.15, -0.1) is 0 Å². The van der Waals surface area contributed by atoms with Crippen molar-refractivity contribution in [3.63, 3.8) is 0 Å². The van der Waals surface area contributed by atoms with Crippen molar-refractivity contribution in [2.75, 3.05) is 7.05 Å². The van der Waals surface area contributed by atoms with E-state index in [1.165, 1.54) is 0 Å². The first-order valence-electron chi connectivity index (χ1n) is 6.98. The highest BCUT2D eigenvalue weighted by Gasteiger charge is 2.14. The second-order valence-corrected chi connectivity index (χ2v) is 5.50. The molecular formula is C15H18N4O2. The molecule has 6 nitrogen and oxygen atoms in total. The van der Waals surface area contributed by atoms with E-state index < -0.39 is 0 Å². The van der Waals surface area contributed by atoms with E-state index in [0.29, 0.717) is 19.0 Å². The maximum Gasteiger partial charge on any atom is 0.240 e. The Morgan fingerprint density at radius 3 is 2.67 bits per heavy atom. The fourth-order valence-electron chi connectivity index (χ4n) is 2.16. The van der Waals surface area contributed by atoms with Crippen molar-refractivity contribution in [3.05, 3.63) is 41.7 Å². The molecule has 0 N–H and O–H groups in total. The smallest absolute Gasteiger partial charge is 0.240 e. The first kappa shape index (κ1) is 13.8. The summed E-state index contributed by atoms with van der Waals surface area (Å²) in [5.74, 6) is 1.63. The summed E-state index contributed by atoms with van der Waals surface area (Å²) in [6.45, 7) is 5.33. The predicted octanol–water partition coefficient (Wildman–Crippen LogP) is 2.97. The van der Waals surface area contributed by atoms with Crippen LogP contribution in [0.1, 0.15) is 37.2 Å². The van der Waals surface area contributed by atoms with Crippen LogP contribution in [0.25, 0.3) is 11.0 Å². The van der Waals surface area contributed by atoms with Gasteiger partial charge in [0.2, 0.25) is 5.89 Å². The SMILES string of the molecule is CC(C)c1noc(CN(C)Cc2noc3ccccc23)n1. The first-order chi connectivity index (χ1) is 10.1. The van der Waals surface area contributed by atoms with Gasteiger partial charge in [-0.2, -0.15) is 4.98 Å². The number of nitrogens with zero attached hydrogens (tertiary/aromatic N) is 4. The minimum atomic E-state index is 0.271. The molecule has 2 aromatic heterocycles. The van der Waals surface area contributed by atoms with Gasteiger partial charge in [0.1, 0.15) is 5.69 Å². The number of fused-ring (bicyclic) bond motifs is 1. The van der Waals surface area contributed by atoms with Crippen molar-refractivity contribution < 1.29 is 9.05 Å². The summed E-state index contributed by atoms with van der Waals surface area (Å²) < 4.78 is 10.6. The van der Waals surface area contributed by atoms with E-state index in [1.54, 1.807) is 0 Å². The Hall–Kier alpha value is -2.21. The molecule has 3 aromatic rings. The number of rotatable bonds is 5. The van der Waals surface area contributed by atoms with Crippen molar-refractivity contribution >= 4 is 11.0 Å². The lowest BCUT2D eigenvalue weighted by molar-refractivity contribution is 0.254. The van der Waals surface area contributed by atoms with Crippen molar-refractivity contribution in [2.45, 2.75) is 32.9 Å². The number of benzene rings is 1. The molecule has 3 rings (SSSR count). The fraction of sp³-hybridized carbons (Fsp3) is 0.400. The van der Waals surface area contributed by atoms with E-state index in [0.717, 1.165) is 22.5 Å². The topological polar surface area (TPSA) is 68.2 Å². The van der Waals surface area contributed by atoms with Crippen LogP contribution in [0.5, 0.6) is 0 Å². The molecule has 0 saturated heterocycles. The van der Waals surface area contributed by atoms with Crippen LogP contribution in [0.4, 0.5) is 0 Å². The summed E-state index contributed by atoms with van der Waals surface area (Å²) in [6, 6.07) is 7.85. The largest absolute Gasteiger partial charge is 0.356 e. The highest BCUT2D eigenvalue weighted by atomic mass is 16.5. The van der Waals surface area contributed by atoms with Crippen molar-refractivity contribution in [1.29, 1.82) is 0 Å². The van der Waals surface area contributed by atoms with E-state index in [-0.39, 0.29) is 5.92 Å². The Morgan fingerprint density at radius 2 is 1.90 bits per heavy atom. The Kier molecular flexibility index (Phi) is 3.70. The van der Waals surface area contributed by atoms with Gasteiger partial charge in [0.15, 0.2) is 11.4 Å². The number of para-hydroxylation sites is 1. The van der Waals surface area contributed by atoms with Gasteiger partial charge in [-0.3, -0.25) is 4.90 Å². The van der Waals surface area contributed by atoms with Crippen molar-refractivity contribution in [1.82, 2.24) is 20.2 Å². The second kappa shape index (κ2) is 5.65. The Balaban J connectivity index is 1.69.